The van der Waals surface area contributed by atoms with Crippen molar-refractivity contribution >= 4 is 35.4 Å². The largest absolute Gasteiger partial charge is 0.340 e. The van der Waals surface area contributed by atoms with Crippen LogP contribution in [0.25, 0.3) is 0 Å². The Morgan fingerprint density at radius 3 is 3.00 bits per heavy atom. The molecule has 104 valence electrons. The van der Waals surface area contributed by atoms with Crippen molar-refractivity contribution < 1.29 is 14.4 Å². The fraction of sp³-hybridized carbons (Fsp3) is 0.250. The van der Waals surface area contributed by atoms with Crippen LogP contribution in [-0.2, 0) is 9.59 Å². The highest BCUT2D eigenvalue weighted by atomic mass is 32.2. The number of carbonyl (C=O) groups excluding carboxylic acids is 3. The van der Waals surface area contributed by atoms with E-state index in [2.05, 4.69) is 20.9 Å². The van der Waals surface area contributed by atoms with Crippen LogP contribution < -0.4 is 20.9 Å². The van der Waals surface area contributed by atoms with Crippen molar-refractivity contribution in [3.63, 3.8) is 0 Å². The minimum atomic E-state index is -0.664. The van der Waals surface area contributed by atoms with E-state index in [-0.39, 0.29) is 18.2 Å². The van der Waals surface area contributed by atoms with Gasteiger partial charge in [0, 0.05) is 6.42 Å². The third-order valence-electron chi connectivity index (χ3n) is 3.14. The number of hydrogen-bond donors (Lipinski definition) is 4. The molecule has 1 unspecified atom stereocenters. The lowest BCUT2D eigenvalue weighted by atomic mass is 10.1. The molecular weight excluding hydrogens is 280 g/mol. The molecule has 1 atom stereocenters. The monoisotopic (exact) mass is 292 g/mol. The van der Waals surface area contributed by atoms with Crippen LogP contribution in [0.1, 0.15) is 23.2 Å². The Kier molecular flexibility index (Phi) is 3.33. The second kappa shape index (κ2) is 5.14. The number of benzene rings is 1. The van der Waals surface area contributed by atoms with E-state index in [9.17, 15) is 14.4 Å². The molecule has 3 rings (SSSR count). The molecule has 1 saturated heterocycles. The molecule has 0 aromatic heterocycles. The summed E-state index contributed by atoms with van der Waals surface area (Å²) >= 11 is 1.31. The summed E-state index contributed by atoms with van der Waals surface area (Å²) in [7, 11) is 0. The SMILES string of the molecule is O=C1CCC(NC(=O)c2cccc3c2SNN3)C(=O)N1. The summed E-state index contributed by atoms with van der Waals surface area (Å²) in [6, 6.07) is 4.65. The van der Waals surface area contributed by atoms with Gasteiger partial charge in [0.05, 0.1) is 16.1 Å². The summed E-state index contributed by atoms with van der Waals surface area (Å²) in [6.45, 7) is 0. The minimum absolute atomic E-state index is 0.238. The van der Waals surface area contributed by atoms with E-state index in [1.165, 1.54) is 11.9 Å². The van der Waals surface area contributed by atoms with Gasteiger partial charge in [-0.25, -0.2) is 0 Å². The van der Waals surface area contributed by atoms with Gasteiger partial charge in [0.15, 0.2) is 0 Å². The smallest absolute Gasteiger partial charge is 0.253 e. The van der Waals surface area contributed by atoms with Gasteiger partial charge in [-0.15, -0.1) is 0 Å². The Morgan fingerprint density at radius 1 is 1.35 bits per heavy atom. The molecule has 2 aliphatic rings. The van der Waals surface area contributed by atoms with Gasteiger partial charge in [0.1, 0.15) is 6.04 Å². The van der Waals surface area contributed by atoms with Crippen molar-refractivity contribution in [2.75, 3.05) is 5.43 Å². The zero-order valence-electron chi connectivity index (χ0n) is 10.4. The van der Waals surface area contributed by atoms with Crippen LogP contribution in [0.4, 0.5) is 5.69 Å². The maximum Gasteiger partial charge on any atom is 0.253 e. The number of piperidine rings is 1. The van der Waals surface area contributed by atoms with E-state index in [4.69, 9.17) is 0 Å². The van der Waals surface area contributed by atoms with E-state index in [0.717, 1.165) is 10.6 Å². The number of anilines is 1. The molecule has 0 spiro atoms. The lowest BCUT2D eigenvalue weighted by Gasteiger charge is -2.22. The molecule has 1 aromatic carbocycles. The lowest BCUT2D eigenvalue weighted by molar-refractivity contribution is -0.134. The van der Waals surface area contributed by atoms with Crippen molar-refractivity contribution in [1.82, 2.24) is 15.5 Å². The first-order valence-corrected chi connectivity index (χ1v) is 6.92. The number of imide groups is 1. The Bertz CT molecular complexity index is 604. The van der Waals surface area contributed by atoms with Crippen LogP contribution in [0.3, 0.4) is 0 Å². The van der Waals surface area contributed by atoms with Gasteiger partial charge in [-0.2, -0.15) is 4.83 Å². The molecule has 2 aliphatic heterocycles. The summed E-state index contributed by atoms with van der Waals surface area (Å²) in [5.74, 6) is -1.08. The number of hydrazine groups is 1. The third kappa shape index (κ3) is 2.35. The fourth-order valence-corrected chi connectivity index (χ4v) is 2.89. The molecule has 0 aliphatic carbocycles. The Labute approximate surface area is 119 Å². The molecule has 20 heavy (non-hydrogen) atoms. The second-order valence-corrected chi connectivity index (χ2v) is 5.31. The predicted molar refractivity (Wildman–Crippen MR) is 72.7 cm³/mol. The van der Waals surface area contributed by atoms with E-state index in [0.29, 0.717) is 12.0 Å². The summed E-state index contributed by atoms with van der Waals surface area (Å²) in [5.41, 5.74) is 4.24. The van der Waals surface area contributed by atoms with Crippen LogP contribution in [0.15, 0.2) is 23.1 Å². The molecule has 0 saturated carbocycles. The van der Waals surface area contributed by atoms with E-state index in [1.807, 2.05) is 6.07 Å². The van der Waals surface area contributed by atoms with Crippen molar-refractivity contribution in [2.45, 2.75) is 23.8 Å². The number of hydrogen-bond acceptors (Lipinski definition) is 6. The minimum Gasteiger partial charge on any atom is -0.340 e. The van der Waals surface area contributed by atoms with Crippen LogP contribution in [0.2, 0.25) is 0 Å². The lowest BCUT2D eigenvalue weighted by Crippen LogP contribution is -2.52. The van der Waals surface area contributed by atoms with Crippen molar-refractivity contribution in [3.05, 3.63) is 23.8 Å². The van der Waals surface area contributed by atoms with Gasteiger partial charge in [-0.3, -0.25) is 19.7 Å². The highest BCUT2D eigenvalue weighted by Gasteiger charge is 2.29. The molecule has 4 N–H and O–H groups in total. The first-order valence-electron chi connectivity index (χ1n) is 6.10. The van der Waals surface area contributed by atoms with E-state index >= 15 is 0 Å². The van der Waals surface area contributed by atoms with Crippen LogP contribution in [0, 0.1) is 0 Å². The van der Waals surface area contributed by atoms with Crippen LogP contribution in [-0.4, -0.2) is 23.8 Å². The summed E-state index contributed by atoms with van der Waals surface area (Å²) in [6.07, 6.45) is 0.566. The average molecular weight is 292 g/mol. The van der Waals surface area contributed by atoms with E-state index < -0.39 is 11.9 Å². The molecule has 1 fully saturated rings. The maximum atomic E-state index is 12.3. The van der Waals surface area contributed by atoms with Gasteiger partial charge in [-0.05, 0) is 30.5 Å². The summed E-state index contributed by atoms with van der Waals surface area (Å²) < 4.78 is 0. The molecule has 7 nitrogen and oxygen atoms in total. The molecule has 2 heterocycles. The first kappa shape index (κ1) is 12.9. The molecule has 8 heteroatoms. The zero-order chi connectivity index (χ0) is 14.1. The zero-order valence-corrected chi connectivity index (χ0v) is 11.2. The van der Waals surface area contributed by atoms with Gasteiger partial charge >= 0.3 is 0 Å². The molecule has 3 amide bonds. The topological polar surface area (TPSA) is 99.3 Å². The highest BCUT2D eigenvalue weighted by molar-refractivity contribution is 7.98. The molecular formula is C12H12N4O3S. The standard InChI is InChI=1S/C12H12N4O3S/c17-9-5-4-8(12(19)14-9)13-11(18)6-2-1-3-7-10(6)20-16-15-7/h1-3,8,15-16H,4-5H2,(H,13,18)(H,14,17,19). The third-order valence-corrected chi connectivity index (χ3v) is 3.99. The van der Waals surface area contributed by atoms with Gasteiger partial charge in [-0.1, -0.05) is 6.07 Å². The van der Waals surface area contributed by atoms with E-state index in [1.54, 1.807) is 12.1 Å². The number of carbonyl (C=O) groups is 3. The van der Waals surface area contributed by atoms with Gasteiger partial charge in [0.2, 0.25) is 11.8 Å². The second-order valence-electron chi connectivity index (χ2n) is 4.49. The normalized spacial score (nSPS) is 20.9. The highest BCUT2D eigenvalue weighted by Crippen LogP contribution is 2.33. The predicted octanol–water partition coefficient (Wildman–Crippen LogP) is 0.159. The van der Waals surface area contributed by atoms with Crippen molar-refractivity contribution in [2.24, 2.45) is 0 Å². The fourth-order valence-electron chi connectivity index (χ4n) is 2.12. The Hall–Kier alpha value is -2.06. The molecule has 1 aromatic rings. The average Bonchev–Trinajstić information content (AvgIpc) is 2.90. The van der Waals surface area contributed by atoms with Crippen LogP contribution >= 0.6 is 11.9 Å². The summed E-state index contributed by atoms with van der Waals surface area (Å²) in [4.78, 5) is 38.6. The quantitative estimate of drug-likeness (QED) is 0.458. The number of amides is 3. The van der Waals surface area contributed by atoms with Crippen molar-refractivity contribution in [3.8, 4) is 0 Å². The Balaban J connectivity index is 1.76. The Morgan fingerprint density at radius 2 is 2.20 bits per heavy atom. The molecule has 0 bridgehead atoms. The summed E-state index contributed by atoms with van der Waals surface area (Å²) in [5, 5.41) is 4.88. The van der Waals surface area contributed by atoms with Crippen molar-refractivity contribution in [1.29, 1.82) is 0 Å². The maximum absolute atomic E-state index is 12.3. The number of nitrogens with one attached hydrogen (secondary N) is 4. The van der Waals surface area contributed by atoms with Gasteiger partial charge < -0.3 is 10.7 Å². The number of fused-ring (bicyclic) bond motifs is 1. The molecule has 0 radical (unpaired) electrons. The van der Waals surface area contributed by atoms with Crippen LogP contribution in [0.5, 0.6) is 0 Å². The van der Waals surface area contributed by atoms with Gasteiger partial charge in [0.25, 0.3) is 5.91 Å². The first-order chi connectivity index (χ1) is 9.65. The number of rotatable bonds is 2.